The van der Waals surface area contributed by atoms with Gasteiger partial charge in [-0.3, -0.25) is 9.10 Å². The van der Waals surface area contributed by atoms with Crippen LogP contribution in [0.4, 0.5) is 5.69 Å². The summed E-state index contributed by atoms with van der Waals surface area (Å²) < 4.78 is 25.8. The van der Waals surface area contributed by atoms with Crippen LogP contribution in [0, 0.1) is 5.92 Å². The van der Waals surface area contributed by atoms with Gasteiger partial charge in [0, 0.05) is 6.54 Å². The van der Waals surface area contributed by atoms with Gasteiger partial charge >= 0.3 is 0 Å². The maximum atomic E-state index is 12.3. The molecule has 1 N–H and O–H groups in total. The molecule has 0 spiro atoms. The molecule has 5 nitrogen and oxygen atoms in total. The van der Waals surface area contributed by atoms with Crippen LogP contribution in [0.2, 0.25) is 0 Å². The van der Waals surface area contributed by atoms with Crippen LogP contribution in [0.3, 0.4) is 0 Å². The fourth-order valence-corrected chi connectivity index (χ4v) is 3.32. The van der Waals surface area contributed by atoms with Gasteiger partial charge in [-0.2, -0.15) is 0 Å². The van der Waals surface area contributed by atoms with Crippen molar-refractivity contribution in [1.82, 2.24) is 5.32 Å². The molecule has 1 rings (SSSR count). The molecule has 0 unspecified atom stereocenters. The molecular weight excluding hydrogens is 312 g/mol. The highest BCUT2D eigenvalue weighted by Gasteiger charge is 2.24. The summed E-state index contributed by atoms with van der Waals surface area (Å²) in [7, 11) is -3.54. The van der Waals surface area contributed by atoms with Crippen molar-refractivity contribution in [2.45, 2.75) is 40.5 Å². The van der Waals surface area contributed by atoms with Gasteiger partial charge in [-0.25, -0.2) is 8.42 Å². The van der Waals surface area contributed by atoms with E-state index in [1.54, 1.807) is 0 Å². The van der Waals surface area contributed by atoms with E-state index in [0.29, 0.717) is 31.0 Å². The second-order valence-corrected chi connectivity index (χ2v) is 8.01. The number of hydrogen-bond donors (Lipinski definition) is 1. The lowest BCUT2D eigenvalue weighted by Gasteiger charge is -2.27. The zero-order valence-electron chi connectivity index (χ0n) is 14.7. The largest absolute Gasteiger partial charge is 0.354 e. The van der Waals surface area contributed by atoms with E-state index in [0.717, 1.165) is 17.4 Å². The van der Waals surface area contributed by atoms with Crippen LogP contribution >= 0.6 is 0 Å². The first kappa shape index (κ1) is 19.5. The van der Waals surface area contributed by atoms with Crippen molar-refractivity contribution < 1.29 is 13.2 Å². The summed E-state index contributed by atoms with van der Waals surface area (Å²) in [6.45, 7) is 8.31. The van der Waals surface area contributed by atoms with Gasteiger partial charge in [0.05, 0.1) is 11.9 Å². The average Bonchev–Trinajstić information content (AvgIpc) is 2.48. The van der Waals surface area contributed by atoms with E-state index in [1.165, 1.54) is 4.31 Å². The standard InChI is InChI=1S/C17H28N2O3S/c1-6-14-9-8-10-15(7-2)17(14)19(23(5,21)22)12-16(20)18-11-13(3)4/h8-10,13H,6-7,11-12H2,1-5H3,(H,18,20). The topological polar surface area (TPSA) is 66.5 Å². The van der Waals surface area contributed by atoms with E-state index in [-0.39, 0.29) is 12.5 Å². The fraction of sp³-hybridized carbons (Fsp3) is 0.588. The predicted molar refractivity (Wildman–Crippen MR) is 95.2 cm³/mol. The van der Waals surface area contributed by atoms with E-state index in [9.17, 15) is 13.2 Å². The summed E-state index contributed by atoms with van der Waals surface area (Å²) in [4.78, 5) is 12.2. The Morgan fingerprint density at radius 1 is 1.17 bits per heavy atom. The first-order valence-electron chi connectivity index (χ1n) is 8.05. The molecule has 0 aliphatic heterocycles. The van der Waals surface area contributed by atoms with Gasteiger partial charge in [-0.05, 0) is 29.9 Å². The maximum Gasteiger partial charge on any atom is 0.240 e. The lowest BCUT2D eigenvalue weighted by atomic mass is 10.0. The van der Waals surface area contributed by atoms with Crippen LogP contribution in [0.5, 0.6) is 0 Å². The molecular formula is C17H28N2O3S. The van der Waals surface area contributed by atoms with Crippen molar-refractivity contribution in [3.05, 3.63) is 29.3 Å². The van der Waals surface area contributed by atoms with Crippen molar-refractivity contribution >= 4 is 21.6 Å². The number of anilines is 1. The lowest BCUT2D eigenvalue weighted by molar-refractivity contribution is -0.119. The number of benzene rings is 1. The van der Waals surface area contributed by atoms with Crippen molar-refractivity contribution in [3.63, 3.8) is 0 Å². The first-order valence-corrected chi connectivity index (χ1v) is 9.90. The quantitative estimate of drug-likeness (QED) is 0.790. The molecule has 0 bridgehead atoms. The smallest absolute Gasteiger partial charge is 0.240 e. The number of sulfonamides is 1. The second-order valence-electron chi connectivity index (χ2n) is 6.10. The van der Waals surface area contributed by atoms with E-state index in [4.69, 9.17) is 0 Å². The SMILES string of the molecule is CCc1cccc(CC)c1N(CC(=O)NCC(C)C)S(C)(=O)=O. The Bertz CT molecular complexity index is 617. The number of hydrogen-bond acceptors (Lipinski definition) is 3. The van der Waals surface area contributed by atoms with Crippen LogP contribution in [0.25, 0.3) is 0 Å². The minimum Gasteiger partial charge on any atom is -0.354 e. The highest BCUT2D eigenvalue weighted by molar-refractivity contribution is 7.92. The van der Waals surface area contributed by atoms with Crippen molar-refractivity contribution in [1.29, 1.82) is 0 Å². The van der Waals surface area contributed by atoms with Gasteiger partial charge in [0.15, 0.2) is 0 Å². The molecule has 6 heteroatoms. The zero-order valence-corrected chi connectivity index (χ0v) is 15.5. The Hall–Kier alpha value is -1.56. The third kappa shape index (κ3) is 5.53. The van der Waals surface area contributed by atoms with Gasteiger partial charge in [0.25, 0.3) is 0 Å². The maximum absolute atomic E-state index is 12.3. The van der Waals surface area contributed by atoms with Crippen molar-refractivity contribution in [2.75, 3.05) is 23.7 Å². The third-order valence-electron chi connectivity index (χ3n) is 3.61. The minimum atomic E-state index is -3.54. The average molecular weight is 340 g/mol. The number of amides is 1. The van der Waals surface area contributed by atoms with Crippen molar-refractivity contribution in [3.8, 4) is 0 Å². The highest BCUT2D eigenvalue weighted by Crippen LogP contribution is 2.28. The number of nitrogens with zero attached hydrogens (tertiary/aromatic N) is 1. The first-order chi connectivity index (χ1) is 10.7. The van der Waals surface area contributed by atoms with Gasteiger partial charge in [-0.1, -0.05) is 45.9 Å². The molecule has 0 aromatic heterocycles. The summed E-state index contributed by atoms with van der Waals surface area (Å²) in [5.41, 5.74) is 2.53. The van der Waals surface area contributed by atoms with E-state index >= 15 is 0 Å². The van der Waals surface area contributed by atoms with Gasteiger partial charge in [-0.15, -0.1) is 0 Å². The summed E-state index contributed by atoms with van der Waals surface area (Å²) in [5.74, 6) is 0.0387. The highest BCUT2D eigenvalue weighted by atomic mass is 32.2. The van der Waals surface area contributed by atoms with Gasteiger partial charge < -0.3 is 5.32 Å². The van der Waals surface area contributed by atoms with Crippen LogP contribution < -0.4 is 9.62 Å². The summed E-state index contributed by atoms with van der Waals surface area (Å²) >= 11 is 0. The normalized spacial score (nSPS) is 11.6. The van der Waals surface area contributed by atoms with Gasteiger partial charge in [0.2, 0.25) is 15.9 Å². The molecule has 0 radical (unpaired) electrons. The Kier molecular flexibility index (Phi) is 7.06. The number of aryl methyl sites for hydroxylation is 2. The Balaban J connectivity index is 3.21. The molecule has 0 fully saturated rings. The Morgan fingerprint density at radius 2 is 1.70 bits per heavy atom. The monoisotopic (exact) mass is 340 g/mol. The minimum absolute atomic E-state index is 0.185. The molecule has 0 heterocycles. The molecule has 1 aromatic rings. The molecule has 0 saturated carbocycles. The molecule has 130 valence electrons. The lowest BCUT2D eigenvalue weighted by Crippen LogP contribution is -2.42. The molecule has 0 aliphatic rings. The third-order valence-corrected chi connectivity index (χ3v) is 4.72. The number of carbonyl (C=O) groups is 1. The van der Waals surface area contributed by atoms with Crippen LogP contribution in [0.1, 0.15) is 38.8 Å². The van der Waals surface area contributed by atoms with E-state index < -0.39 is 10.0 Å². The molecule has 0 saturated heterocycles. The molecule has 1 amide bonds. The summed E-state index contributed by atoms with van der Waals surface area (Å²) in [6, 6.07) is 5.76. The molecule has 23 heavy (non-hydrogen) atoms. The van der Waals surface area contributed by atoms with Gasteiger partial charge in [0.1, 0.15) is 6.54 Å². The predicted octanol–water partition coefficient (Wildman–Crippen LogP) is 2.35. The molecule has 1 aromatic carbocycles. The van der Waals surface area contributed by atoms with E-state index in [2.05, 4.69) is 5.32 Å². The number of carbonyl (C=O) groups excluding carboxylic acids is 1. The Labute approximate surface area is 140 Å². The molecule has 0 atom stereocenters. The fourth-order valence-electron chi connectivity index (χ4n) is 2.40. The number of para-hydroxylation sites is 1. The molecule has 0 aliphatic carbocycles. The summed E-state index contributed by atoms with van der Waals surface area (Å²) in [6.07, 6.45) is 2.57. The number of nitrogens with one attached hydrogen (secondary N) is 1. The zero-order chi connectivity index (χ0) is 17.6. The van der Waals surface area contributed by atoms with E-state index in [1.807, 2.05) is 45.9 Å². The van der Waals surface area contributed by atoms with Crippen molar-refractivity contribution in [2.24, 2.45) is 5.92 Å². The second kappa shape index (κ2) is 8.34. The number of rotatable bonds is 8. The Morgan fingerprint density at radius 3 is 2.09 bits per heavy atom. The van der Waals surface area contributed by atoms with Crippen LogP contribution in [-0.4, -0.2) is 33.7 Å². The van der Waals surface area contributed by atoms with Crippen LogP contribution in [-0.2, 0) is 27.7 Å². The summed E-state index contributed by atoms with van der Waals surface area (Å²) in [5, 5.41) is 2.78. The van der Waals surface area contributed by atoms with Crippen LogP contribution in [0.15, 0.2) is 18.2 Å².